The van der Waals surface area contributed by atoms with Crippen molar-refractivity contribution in [1.29, 1.82) is 0 Å². The predicted octanol–water partition coefficient (Wildman–Crippen LogP) is 0.124. The number of carbonyl (C=O) groups excluding carboxylic acids is 1. The van der Waals surface area contributed by atoms with Crippen LogP contribution in [0, 0.1) is 0 Å². The van der Waals surface area contributed by atoms with Gasteiger partial charge in [-0.2, -0.15) is 0 Å². The van der Waals surface area contributed by atoms with E-state index in [0.717, 1.165) is 5.56 Å². The van der Waals surface area contributed by atoms with Gasteiger partial charge in [-0.1, -0.05) is 30.3 Å². The lowest BCUT2D eigenvalue weighted by Gasteiger charge is -2.15. The third-order valence-corrected chi connectivity index (χ3v) is 2.09. The Labute approximate surface area is 88.1 Å². The lowest BCUT2D eigenvalue weighted by atomic mass is 10.0. The van der Waals surface area contributed by atoms with Crippen LogP contribution >= 0.6 is 0 Å². The molecule has 0 spiro atoms. The molecule has 0 aliphatic rings. The monoisotopic (exact) mass is 210 g/mol. The van der Waals surface area contributed by atoms with Crippen molar-refractivity contribution >= 4 is 5.97 Å². The molecule has 82 valence electrons. The molecular formula is C11H14O4. The molecule has 0 heterocycles. The summed E-state index contributed by atoms with van der Waals surface area (Å²) in [5.41, 5.74) is 0.855. The highest BCUT2D eigenvalue weighted by molar-refractivity contribution is 5.74. The van der Waals surface area contributed by atoms with Gasteiger partial charge in [-0.25, -0.2) is 4.79 Å². The third-order valence-electron chi connectivity index (χ3n) is 2.09. The van der Waals surface area contributed by atoms with Crippen LogP contribution in [0.15, 0.2) is 30.3 Å². The van der Waals surface area contributed by atoms with E-state index in [-0.39, 0.29) is 6.42 Å². The number of esters is 1. The van der Waals surface area contributed by atoms with Crippen LogP contribution in [0.25, 0.3) is 0 Å². The second-order valence-corrected chi connectivity index (χ2v) is 3.23. The van der Waals surface area contributed by atoms with Crippen LogP contribution in [0.3, 0.4) is 0 Å². The molecule has 0 aliphatic heterocycles. The van der Waals surface area contributed by atoms with Gasteiger partial charge >= 0.3 is 5.97 Å². The van der Waals surface area contributed by atoms with Gasteiger partial charge in [0.15, 0.2) is 6.10 Å². The second-order valence-electron chi connectivity index (χ2n) is 3.23. The summed E-state index contributed by atoms with van der Waals surface area (Å²) in [5, 5.41) is 18.8. The number of methoxy groups -OCH3 is 1. The summed E-state index contributed by atoms with van der Waals surface area (Å²) < 4.78 is 4.32. The van der Waals surface area contributed by atoms with Crippen molar-refractivity contribution in [3.05, 3.63) is 35.9 Å². The zero-order valence-electron chi connectivity index (χ0n) is 8.46. The molecule has 0 aliphatic carbocycles. The molecule has 0 amide bonds. The molecular weight excluding hydrogens is 196 g/mol. The fourth-order valence-electron chi connectivity index (χ4n) is 1.25. The van der Waals surface area contributed by atoms with Gasteiger partial charge in [-0.15, -0.1) is 0 Å². The third kappa shape index (κ3) is 3.34. The van der Waals surface area contributed by atoms with Gasteiger partial charge < -0.3 is 14.9 Å². The maximum Gasteiger partial charge on any atom is 0.337 e. The smallest absolute Gasteiger partial charge is 0.337 e. The van der Waals surface area contributed by atoms with Crippen molar-refractivity contribution in [1.82, 2.24) is 0 Å². The minimum absolute atomic E-state index is 0.219. The van der Waals surface area contributed by atoms with Crippen LogP contribution in [0.4, 0.5) is 0 Å². The van der Waals surface area contributed by atoms with E-state index in [0.29, 0.717) is 0 Å². The standard InChI is InChI=1S/C11H14O4/c1-15-11(14)10(13)9(12)7-8-5-3-2-4-6-8/h2-6,9-10,12-13H,7H2,1H3/t9-,10+/m1/s1. The first-order chi connectivity index (χ1) is 7.15. The summed E-state index contributed by atoms with van der Waals surface area (Å²) in [4.78, 5) is 10.9. The molecule has 4 heteroatoms. The summed E-state index contributed by atoms with van der Waals surface area (Å²) in [6.45, 7) is 0. The Hall–Kier alpha value is -1.39. The molecule has 0 fully saturated rings. The van der Waals surface area contributed by atoms with Crippen LogP contribution in [0.5, 0.6) is 0 Å². The largest absolute Gasteiger partial charge is 0.467 e. The Bertz CT molecular complexity index is 310. The number of hydrogen-bond acceptors (Lipinski definition) is 4. The SMILES string of the molecule is COC(=O)[C@@H](O)[C@H](O)Cc1ccccc1. The number of benzene rings is 1. The van der Waals surface area contributed by atoms with E-state index in [4.69, 9.17) is 0 Å². The van der Waals surface area contributed by atoms with Crippen molar-refractivity contribution in [2.45, 2.75) is 18.6 Å². The zero-order chi connectivity index (χ0) is 11.3. The molecule has 2 atom stereocenters. The van der Waals surface area contributed by atoms with Crippen molar-refractivity contribution < 1.29 is 19.7 Å². The Kier molecular flexibility index (Phi) is 4.27. The average Bonchev–Trinajstić information content (AvgIpc) is 2.28. The Morgan fingerprint density at radius 2 is 1.93 bits per heavy atom. The van der Waals surface area contributed by atoms with Crippen molar-refractivity contribution in [2.24, 2.45) is 0 Å². The number of carbonyl (C=O) groups is 1. The highest BCUT2D eigenvalue weighted by Crippen LogP contribution is 2.06. The summed E-state index contributed by atoms with van der Waals surface area (Å²) in [5.74, 6) is -0.821. The molecule has 2 N–H and O–H groups in total. The summed E-state index contributed by atoms with van der Waals surface area (Å²) in [6, 6.07) is 9.13. The number of rotatable bonds is 4. The van der Waals surface area contributed by atoms with Crippen LogP contribution in [-0.2, 0) is 16.0 Å². The molecule has 1 aromatic carbocycles. The number of ether oxygens (including phenoxy) is 1. The second kappa shape index (κ2) is 5.48. The van der Waals surface area contributed by atoms with Gasteiger partial charge in [-0.05, 0) is 5.56 Å². The minimum atomic E-state index is -1.49. The van der Waals surface area contributed by atoms with Gasteiger partial charge in [0, 0.05) is 6.42 Å². The van der Waals surface area contributed by atoms with Gasteiger partial charge in [0.2, 0.25) is 0 Å². The molecule has 4 nitrogen and oxygen atoms in total. The Morgan fingerprint density at radius 1 is 1.33 bits per heavy atom. The van der Waals surface area contributed by atoms with Gasteiger partial charge in [-0.3, -0.25) is 0 Å². The maximum absolute atomic E-state index is 10.9. The van der Waals surface area contributed by atoms with Crippen LogP contribution in [0.1, 0.15) is 5.56 Å². The fraction of sp³-hybridized carbons (Fsp3) is 0.364. The van der Waals surface area contributed by atoms with Crippen LogP contribution in [0.2, 0.25) is 0 Å². The molecule has 0 bridgehead atoms. The molecule has 0 aromatic heterocycles. The molecule has 1 rings (SSSR count). The molecule has 0 saturated carbocycles. The first kappa shape index (κ1) is 11.7. The molecule has 15 heavy (non-hydrogen) atoms. The quantitative estimate of drug-likeness (QED) is 0.693. The Balaban J connectivity index is 2.56. The van der Waals surface area contributed by atoms with E-state index in [1.54, 1.807) is 0 Å². The van der Waals surface area contributed by atoms with Crippen molar-refractivity contribution in [2.75, 3.05) is 7.11 Å². The lowest BCUT2D eigenvalue weighted by Crippen LogP contribution is -2.36. The molecule has 0 radical (unpaired) electrons. The Morgan fingerprint density at radius 3 is 2.47 bits per heavy atom. The highest BCUT2D eigenvalue weighted by Gasteiger charge is 2.24. The zero-order valence-corrected chi connectivity index (χ0v) is 8.46. The fourth-order valence-corrected chi connectivity index (χ4v) is 1.25. The molecule has 0 unspecified atom stereocenters. The van der Waals surface area contributed by atoms with E-state index in [1.807, 2.05) is 30.3 Å². The van der Waals surface area contributed by atoms with E-state index in [9.17, 15) is 15.0 Å². The topological polar surface area (TPSA) is 66.8 Å². The number of aliphatic hydroxyl groups excluding tert-OH is 2. The maximum atomic E-state index is 10.9. The normalized spacial score (nSPS) is 14.3. The van der Waals surface area contributed by atoms with Crippen LogP contribution < -0.4 is 0 Å². The van der Waals surface area contributed by atoms with E-state index in [1.165, 1.54) is 7.11 Å². The van der Waals surface area contributed by atoms with Crippen molar-refractivity contribution in [3.8, 4) is 0 Å². The predicted molar refractivity (Wildman–Crippen MR) is 54.2 cm³/mol. The van der Waals surface area contributed by atoms with E-state index < -0.39 is 18.2 Å². The van der Waals surface area contributed by atoms with E-state index in [2.05, 4.69) is 4.74 Å². The van der Waals surface area contributed by atoms with Crippen LogP contribution in [-0.4, -0.2) is 35.5 Å². The van der Waals surface area contributed by atoms with Gasteiger partial charge in [0.1, 0.15) is 0 Å². The minimum Gasteiger partial charge on any atom is -0.467 e. The summed E-state index contributed by atoms with van der Waals surface area (Å²) in [6.07, 6.45) is -2.41. The van der Waals surface area contributed by atoms with Crippen molar-refractivity contribution in [3.63, 3.8) is 0 Å². The first-order valence-corrected chi connectivity index (χ1v) is 4.63. The average molecular weight is 210 g/mol. The lowest BCUT2D eigenvalue weighted by molar-refractivity contribution is -0.156. The highest BCUT2D eigenvalue weighted by atomic mass is 16.5. The summed E-state index contributed by atoms with van der Waals surface area (Å²) in [7, 11) is 1.17. The number of aliphatic hydroxyl groups is 2. The molecule has 0 saturated heterocycles. The van der Waals surface area contributed by atoms with Gasteiger partial charge in [0.25, 0.3) is 0 Å². The number of hydrogen-bond donors (Lipinski definition) is 2. The molecule has 1 aromatic rings. The van der Waals surface area contributed by atoms with E-state index >= 15 is 0 Å². The van der Waals surface area contributed by atoms with Gasteiger partial charge in [0.05, 0.1) is 13.2 Å². The first-order valence-electron chi connectivity index (χ1n) is 4.63. The summed E-state index contributed by atoms with van der Waals surface area (Å²) >= 11 is 0.